The molecule has 4 rings (SSSR count). The van der Waals surface area contributed by atoms with E-state index in [1.807, 2.05) is 36.6 Å². The second-order valence-electron chi connectivity index (χ2n) is 9.27. The zero-order valence-electron chi connectivity index (χ0n) is 20.9. The summed E-state index contributed by atoms with van der Waals surface area (Å²) in [5.41, 5.74) is 2.10. The summed E-state index contributed by atoms with van der Waals surface area (Å²) < 4.78 is 12.0. The van der Waals surface area contributed by atoms with Gasteiger partial charge in [-0.1, -0.05) is 30.4 Å². The largest absolute Gasteiger partial charge is 0.489 e. The summed E-state index contributed by atoms with van der Waals surface area (Å²) in [5.74, 6) is 0.184. The number of hydrogen-bond donors (Lipinski definition) is 3. The third kappa shape index (κ3) is 6.90. The average molecular weight is 586 g/mol. The zero-order chi connectivity index (χ0) is 26.4. The van der Waals surface area contributed by atoms with Crippen molar-refractivity contribution in [1.82, 2.24) is 20.6 Å². The molecule has 194 valence electrons. The number of pyridine rings is 1. The van der Waals surface area contributed by atoms with Crippen molar-refractivity contribution in [1.29, 1.82) is 0 Å². The molecule has 8 nitrogen and oxygen atoms in total. The molecule has 1 aliphatic rings. The molecular formula is C27H29BrN4O4S. The molecule has 0 radical (unpaired) electrons. The Labute approximate surface area is 228 Å². The van der Waals surface area contributed by atoms with Crippen LogP contribution in [0.1, 0.15) is 36.9 Å². The number of alkyl carbamates (subject to hydrolysis) is 1. The van der Waals surface area contributed by atoms with Crippen molar-refractivity contribution in [2.24, 2.45) is 0 Å². The van der Waals surface area contributed by atoms with E-state index < -0.39 is 11.7 Å². The Kier molecular flexibility index (Phi) is 8.50. The molecule has 3 N–H and O–H groups in total. The molecule has 0 saturated heterocycles. The number of nitrogens with zero attached hydrogens (tertiary/aromatic N) is 1. The van der Waals surface area contributed by atoms with Crippen LogP contribution >= 0.6 is 27.3 Å². The van der Waals surface area contributed by atoms with Gasteiger partial charge < -0.3 is 25.1 Å². The molecule has 3 aromatic heterocycles. The van der Waals surface area contributed by atoms with Gasteiger partial charge in [0, 0.05) is 29.9 Å². The number of amides is 2. The predicted octanol–water partition coefficient (Wildman–Crippen LogP) is 6.13. The topological polar surface area (TPSA) is 105 Å². The van der Waals surface area contributed by atoms with Crippen LogP contribution < -0.4 is 15.4 Å². The van der Waals surface area contributed by atoms with Gasteiger partial charge >= 0.3 is 6.09 Å². The minimum Gasteiger partial charge on any atom is -0.489 e. The van der Waals surface area contributed by atoms with Crippen molar-refractivity contribution in [2.75, 3.05) is 19.7 Å². The lowest BCUT2D eigenvalue weighted by molar-refractivity contribution is 0.0519. The van der Waals surface area contributed by atoms with Crippen LogP contribution in [0.4, 0.5) is 4.79 Å². The predicted molar refractivity (Wildman–Crippen MR) is 150 cm³/mol. The second kappa shape index (κ2) is 11.8. The number of nitrogens with one attached hydrogen (secondary N) is 3. The Morgan fingerprint density at radius 3 is 2.86 bits per heavy atom. The number of fused-ring (bicyclic) bond motifs is 1. The number of hydrogen-bond acceptors (Lipinski definition) is 6. The highest BCUT2D eigenvalue weighted by atomic mass is 79.9. The maximum Gasteiger partial charge on any atom is 0.407 e. The minimum absolute atomic E-state index is 0.156. The summed E-state index contributed by atoms with van der Waals surface area (Å²) in [4.78, 5) is 34.1. The number of halogens is 1. The van der Waals surface area contributed by atoms with Crippen molar-refractivity contribution in [3.63, 3.8) is 0 Å². The fraction of sp³-hybridized carbons (Fsp3) is 0.296. The van der Waals surface area contributed by atoms with E-state index in [1.54, 1.807) is 27.0 Å². The highest BCUT2D eigenvalue weighted by molar-refractivity contribution is 9.10. The Balaban J connectivity index is 1.56. The molecule has 1 aliphatic carbocycles. The summed E-state index contributed by atoms with van der Waals surface area (Å²) in [5, 5.41) is 6.62. The van der Waals surface area contributed by atoms with Crippen LogP contribution in [0.5, 0.6) is 5.75 Å². The summed E-state index contributed by atoms with van der Waals surface area (Å²) in [6, 6.07) is 3.86. The van der Waals surface area contributed by atoms with E-state index in [4.69, 9.17) is 9.47 Å². The lowest BCUT2D eigenvalue weighted by Crippen LogP contribution is -2.34. The third-order valence-corrected chi connectivity index (χ3v) is 7.46. The standard InChI is InChI=1S/C27H29BrN4O4S/c1-27(2,3)36-26(34)31-14-15-35-21-20(28)22(18-10-12-29-24-19(18)11-13-30-24)37-23(21)25(33)32-16-17-8-6-4-5-7-9-17/h4,6-13H,5,14-16H2,1-3H3,(H,29,30)(H,31,34)(H,32,33). The van der Waals surface area contributed by atoms with E-state index in [9.17, 15) is 9.59 Å². The molecule has 0 atom stereocenters. The molecule has 10 heteroatoms. The SMILES string of the molecule is CC(C)(C)OC(=O)NCCOc1c(C(=O)NCC2=CC=CCC=C2)sc(-c2ccnc3[nH]ccc23)c1Br. The lowest BCUT2D eigenvalue weighted by Gasteiger charge is -2.19. The van der Waals surface area contributed by atoms with Gasteiger partial charge in [0.25, 0.3) is 5.91 Å². The second-order valence-corrected chi connectivity index (χ2v) is 11.1. The molecule has 0 aliphatic heterocycles. The minimum atomic E-state index is -0.590. The lowest BCUT2D eigenvalue weighted by atomic mass is 10.1. The van der Waals surface area contributed by atoms with Crippen LogP contribution in [0.25, 0.3) is 21.5 Å². The van der Waals surface area contributed by atoms with Crippen LogP contribution in [-0.2, 0) is 4.74 Å². The van der Waals surface area contributed by atoms with Gasteiger partial charge in [-0.2, -0.15) is 0 Å². The van der Waals surface area contributed by atoms with Crippen molar-refractivity contribution in [3.8, 4) is 16.2 Å². The molecule has 3 aromatic rings. The molecule has 2 amide bonds. The van der Waals surface area contributed by atoms with Gasteiger partial charge in [0.15, 0.2) is 5.75 Å². The number of allylic oxidation sites excluding steroid dienone is 4. The molecule has 3 heterocycles. The van der Waals surface area contributed by atoms with E-state index >= 15 is 0 Å². The summed E-state index contributed by atoms with van der Waals surface area (Å²) in [6.07, 6.45) is 14.0. The number of carbonyl (C=O) groups excluding carboxylic acids is 2. The quantitative estimate of drug-likeness (QED) is 0.276. The van der Waals surface area contributed by atoms with Crippen molar-refractivity contribution in [3.05, 3.63) is 69.8 Å². The molecule has 0 bridgehead atoms. The summed E-state index contributed by atoms with van der Waals surface area (Å²) in [6.45, 7) is 6.17. The van der Waals surface area contributed by atoms with Crippen molar-refractivity contribution >= 4 is 50.3 Å². The number of thiophene rings is 1. The summed E-state index contributed by atoms with van der Waals surface area (Å²) in [7, 11) is 0. The molecule has 37 heavy (non-hydrogen) atoms. The number of H-pyrrole nitrogens is 1. The molecule has 0 fully saturated rings. The molecule has 0 spiro atoms. The van der Waals surface area contributed by atoms with E-state index in [0.29, 0.717) is 21.6 Å². The Hall–Kier alpha value is -3.37. The van der Waals surface area contributed by atoms with Gasteiger partial charge in [-0.15, -0.1) is 11.3 Å². The first-order valence-corrected chi connectivity index (χ1v) is 13.5. The highest BCUT2D eigenvalue weighted by Crippen LogP contribution is 2.47. The van der Waals surface area contributed by atoms with Gasteiger partial charge in [0.2, 0.25) is 0 Å². The van der Waals surface area contributed by atoms with Crippen LogP contribution in [-0.4, -0.2) is 47.3 Å². The van der Waals surface area contributed by atoms with Gasteiger partial charge in [0.1, 0.15) is 22.7 Å². The van der Waals surface area contributed by atoms with Crippen LogP contribution in [0, 0.1) is 0 Å². The number of aromatic amines is 1. The zero-order valence-corrected chi connectivity index (χ0v) is 23.3. The van der Waals surface area contributed by atoms with Crippen LogP contribution in [0.3, 0.4) is 0 Å². The Bertz CT molecular complexity index is 1380. The van der Waals surface area contributed by atoms with Crippen LogP contribution in [0.15, 0.2) is 65.0 Å². The van der Waals surface area contributed by atoms with E-state index in [-0.39, 0.29) is 19.1 Å². The number of carbonyl (C=O) groups is 2. The summed E-state index contributed by atoms with van der Waals surface area (Å²) >= 11 is 5.01. The first-order valence-electron chi connectivity index (χ1n) is 11.9. The van der Waals surface area contributed by atoms with Crippen molar-refractivity contribution < 1.29 is 19.1 Å². The normalized spacial score (nSPS) is 13.2. The third-order valence-electron chi connectivity index (χ3n) is 5.24. The fourth-order valence-corrected chi connectivity index (χ4v) is 5.62. The number of aromatic nitrogens is 2. The van der Waals surface area contributed by atoms with Gasteiger partial charge in [-0.3, -0.25) is 4.79 Å². The van der Waals surface area contributed by atoms with E-state index in [1.165, 1.54) is 11.3 Å². The van der Waals surface area contributed by atoms with Crippen LogP contribution in [0.2, 0.25) is 0 Å². The van der Waals surface area contributed by atoms with Gasteiger partial charge in [-0.05, 0) is 60.8 Å². The average Bonchev–Trinajstić information content (AvgIpc) is 3.35. The maximum atomic E-state index is 13.3. The Morgan fingerprint density at radius 2 is 2.05 bits per heavy atom. The molecule has 0 unspecified atom stereocenters. The van der Waals surface area contributed by atoms with Gasteiger partial charge in [0.05, 0.1) is 15.9 Å². The monoisotopic (exact) mass is 584 g/mol. The molecular weight excluding hydrogens is 556 g/mol. The number of rotatable bonds is 8. The number of ether oxygens (including phenoxy) is 2. The Morgan fingerprint density at radius 1 is 1.22 bits per heavy atom. The van der Waals surface area contributed by atoms with E-state index in [0.717, 1.165) is 33.5 Å². The first kappa shape index (κ1) is 26.7. The maximum absolute atomic E-state index is 13.3. The smallest absolute Gasteiger partial charge is 0.407 e. The molecule has 0 aromatic carbocycles. The highest BCUT2D eigenvalue weighted by Gasteiger charge is 2.25. The first-order chi connectivity index (χ1) is 17.7. The van der Waals surface area contributed by atoms with Gasteiger partial charge in [-0.25, -0.2) is 9.78 Å². The molecule has 0 saturated carbocycles. The van der Waals surface area contributed by atoms with E-state index in [2.05, 4.69) is 48.7 Å². The fourth-order valence-electron chi connectivity index (χ4n) is 3.63. The van der Waals surface area contributed by atoms with Crippen molar-refractivity contribution in [2.45, 2.75) is 32.8 Å².